The Morgan fingerprint density at radius 1 is 1.47 bits per heavy atom. The molecule has 5 nitrogen and oxygen atoms in total. The van der Waals surface area contributed by atoms with Crippen molar-refractivity contribution >= 4 is 17.3 Å². The van der Waals surface area contributed by atoms with Gasteiger partial charge >= 0.3 is 0 Å². The average molecular weight is 266 g/mol. The minimum absolute atomic E-state index is 0.00246. The van der Waals surface area contributed by atoms with E-state index in [0.29, 0.717) is 24.6 Å². The fourth-order valence-corrected chi connectivity index (χ4v) is 1.53. The van der Waals surface area contributed by atoms with Crippen molar-refractivity contribution in [1.29, 1.82) is 0 Å². The third-order valence-electron chi connectivity index (χ3n) is 2.71. The van der Waals surface area contributed by atoms with Crippen molar-refractivity contribution in [3.8, 4) is 0 Å². The molecule has 1 atom stereocenters. The molecular formula is C14H22N2O3. The molecule has 0 aliphatic rings. The molecule has 19 heavy (non-hydrogen) atoms. The standard InChI is InChI=1S/C14H22N2O3/c1-4-18-8-10(2)19-9-14(17)16-13-7-5-6-12(15)11(13)3/h5-7,10H,4,8-9,15H2,1-3H3,(H,16,17). The summed E-state index contributed by atoms with van der Waals surface area (Å²) in [5.41, 5.74) is 8.00. The van der Waals surface area contributed by atoms with Gasteiger partial charge in [-0.2, -0.15) is 0 Å². The van der Waals surface area contributed by atoms with Crippen LogP contribution in [0.2, 0.25) is 0 Å². The number of nitrogens with one attached hydrogen (secondary N) is 1. The van der Waals surface area contributed by atoms with Crippen LogP contribution in [-0.4, -0.2) is 31.8 Å². The van der Waals surface area contributed by atoms with Crippen molar-refractivity contribution < 1.29 is 14.3 Å². The van der Waals surface area contributed by atoms with E-state index in [-0.39, 0.29) is 18.6 Å². The molecule has 0 aromatic heterocycles. The lowest BCUT2D eigenvalue weighted by Gasteiger charge is -2.14. The number of nitrogens with two attached hydrogens (primary N) is 1. The Balaban J connectivity index is 2.41. The maximum absolute atomic E-state index is 11.7. The summed E-state index contributed by atoms with van der Waals surface area (Å²) in [4.78, 5) is 11.7. The first-order valence-electron chi connectivity index (χ1n) is 6.38. The Morgan fingerprint density at radius 2 is 2.21 bits per heavy atom. The Kier molecular flexibility index (Phi) is 6.32. The normalized spacial score (nSPS) is 12.2. The maximum Gasteiger partial charge on any atom is 0.250 e. The predicted octanol–water partition coefficient (Wildman–Crippen LogP) is 1.96. The van der Waals surface area contributed by atoms with Crippen LogP contribution in [0.15, 0.2) is 18.2 Å². The van der Waals surface area contributed by atoms with Crippen LogP contribution in [0.3, 0.4) is 0 Å². The summed E-state index contributed by atoms with van der Waals surface area (Å²) in [7, 11) is 0. The monoisotopic (exact) mass is 266 g/mol. The molecule has 0 spiro atoms. The SMILES string of the molecule is CCOCC(C)OCC(=O)Nc1cccc(N)c1C. The lowest BCUT2D eigenvalue weighted by atomic mass is 10.1. The summed E-state index contributed by atoms with van der Waals surface area (Å²) in [6, 6.07) is 5.41. The summed E-state index contributed by atoms with van der Waals surface area (Å²) >= 11 is 0. The van der Waals surface area contributed by atoms with E-state index in [2.05, 4.69) is 5.32 Å². The van der Waals surface area contributed by atoms with Gasteiger partial charge in [0.15, 0.2) is 0 Å². The van der Waals surface area contributed by atoms with Gasteiger partial charge in [0, 0.05) is 18.0 Å². The first-order valence-corrected chi connectivity index (χ1v) is 6.38. The number of ether oxygens (including phenoxy) is 2. The summed E-state index contributed by atoms with van der Waals surface area (Å²) in [6.45, 7) is 6.78. The van der Waals surface area contributed by atoms with Crippen molar-refractivity contribution in [2.24, 2.45) is 0 Å². The van der Waals surface area contributed by atoms with Crippen molar-refractivity contribution in [1.82, 2.24) is 0 Å². The number of rotatable bonds is 7. The van der Waals surface area contributed by atoms with Crippen molar-refractivity contribution in [3.05, 3.63) is 23.8 Å². The quantitative estimate of drug-likeness (QED) is 0.740. The number of carbonyl (C=O) groups is 1. The van der Waals surface area contributed by atoms with Crippen LogP contribution in [-0.2, 0) is 14.3 Å². The van der Waals surface area contributed by atoms with E-state index >= 15 is 0 Å². The molecule has 0 bridgehead atoms. The zero-order chi connectivity index (χ0) is 14.3. The molecule has 1 rings (SSSR count). The van der Waals surface area contributed by atoms with Gasteiger partial charge in [0.2, 0.25) is 5.91 Å². The molecule has 3 N–H and O–H groups in total. The highest BCUT2D eigenvalue weighted by molar-refractivity contribution is 5.93. The van der Waals surface area contributed by atoms with Crippen LogP contribution < -0.4 is 11.1 Å². The summed E-state index contributed by atoms with van der Waals surface area (Å²) in [5.74, 6) is -0.197. The number of hydrogen-bond donors (Lipinski definition) is 2. The van der Waals surface area contributed by atoms with Gasteiger partial charge in [-0.25, -0.2) is 0 Å². The maximum atomic E-state index is 11.7. The minimum atomic E-state index is -0.197. The van der Waals surface area contributed by atoms with E-state index < -0.39 is 0 Å². The largest absolute Gasteiger partial charge is 0.398 e. The summed E-state index contributed by atoms with van der Waals surface area (Å²) in [6.07, 6.45) is -0.104. The van der Waals surface area contributed by atoms with E-state index in [1.165, 1.54) is 0 Å². The predicted molar refractivity (Wildman–Crippen MR) is 76.1 cm³/mol. The van der Waals surface area contributed by atoms with Gasteiger partial charge in [0.1, 0.15) is 6.61 Å². The van der Waals surface area contributed by atoms with Crippen LogP contribution in [0.25, 0.3) is 0 Å². The molecular weight excluding hydrogens is 244 g/mol. The lowest BCUT2D eigenvalue weighted by Crippen LogP contribution is -2.24. The summed E-state index contributed by atoms with van der Waals surface area (Å²) in [5, 5.41) is 2.78. The number of amides is 1. The molecule has 0 aliphatic carbocycles. The van der Waals surface area contributed by atoms with E-state index in [4.69, 9.17) is 15.2 Å². The molecule has 0 aliphatic heterocycles. The zero-order valence-electron chi connectivity index (χ0n) is 11.7. The molecule has 0 radical (unpaired) electrons. The van der Waals surface area contributed by atoms with Crippen molar-refractivity contribution in [2.45, 2.75) is 26.9 Å². The second-order valence-corrected chi connectivity index (χ2v) is 4.35. The fraction of sp³-hybridized carbons (Fsp3) is 0.500. The molecule has 0 saturated heterocycles. The van der Waals surface area contributed by atoms with Crippen molar-refractivity contribution in [2.75, 3.05) is 30.9 Å². The highest BCUT2D eigenvalue weighted by atomic mass is 16.5. The lowest BCUT2D eigenvalue weighted by molar-refractivity contribution is -0.123. The number of hydrogen-bond acceptors (Lipinski definition) is 4. The summed E-state index contributed by atoms with van der Waals surface area (Å²) < 4.78 is 10.6. The minimum Gasteiger partial charge on any atom is -0.398 e. The molecule has 0 heterocycles. The van der Waals surface area contributed by atoms with E-state index in [1.807, 2.05) is 26.8 Å². The van der Waals surface area contributed by atoms with Gasteiger partial charge in [0.05, 0.1) is 12.7 Å². The Labute approximate surface area is 114 Å². The fourth-order valence-electron chi connectivity index (χ4n) is 1.53. The number of benzene rings is 1. The topological polar surface area (TPSA) is 73.6 Å². The van der Waals surface area contributed by atoms with Crippen LogP contribution >= 0.6 is 0 Å². The highest BCUT2D eigenvalue weighted by Gasteiger charge is 2.09. The molecule has 1 aromatic rings. The Bertz CT molecular complexity index is 421. The van der Waals surface area contributed by atoms with E-state index in [1.54, 1.807) is 12.1 Å². The Morgan fingerprint density at radius 3 is 2.89 bits per heavy atom. The second-order valence-electron chi connectivity index (χ2n) is 4.35. The molecule has 5 heteroatoms. The van der Waals surface area contributed by atoms with Gasteiger partial charge in [-0.3, -0.25) is 4.79 Å². The molecule has 106 valence electrons. The number of nitrogen functional groups attached to an aromatic ring is 1. The van der Waals surface area contributed by atoms with Crippen LogP contribution in [0.4, 0.5) is 11.4 Å². The molecule has 0 fully saturated rings. The number of anilines is 2. The molecule has 1 unspecified atom stereocenters. The van der Waals surface area contributed by atoms with Crippen LogP contribution in [0.5, 0.6) is 0 Å². The van der Waals surface area contributed by atoms with Crippen LogP contribution in [0.1, 0.15) is 19.4 Å². The zero-order valence-corrected chi connectivity index (χ0v) is 11.7. The first kappa shape index (κ1) is 15.5. The van der Waals surface area contributed by atoms with Gasteiger partial charge in [-0.1, -0.05) is 6.07 Å². The van der Waals surface area contributed by atoms with Gasteiger partial charge in [-0.05, 0) is 38.5 Å². The third-order valence-corrected chi connectivity index (χ3v) is 2.71. The number of carbonyl (C=O) groups excluding carboxylic acids is 1. The van der Waals surface area contributed by atoms with E-state index in [0.717, 1.165) is 5.56 Å². The highest BCUT2D eigenvalue weighted by Crippen LogP contribution is 2.20. The first-order chi connectivity index (χ1) is 9.04. The Hall–Kier alpha value is -1.59. The molecule has 1 aromatic carbocycles. The average Bonchev–Trinajstić information content (AvgIpc) is 2.39. The van der Waals surface area contributed by atoms with Gasteiger partial charge in [0.25, 0.3) is 0 Å². The third kappa shape index (κ3) is 5.28. The smallest absolute Gasteiger partial charge is 0.250 e. The van der Waals surface area contributed by atoms with Gasteiger partial charge < -0.3 is 20.5 Å². The van der Waals surface area contributed by atoms with Crippen LogP contribution in [0, 0.1) is 6.92 Å². The van der Waals surface area contributed by atoms with Crippen molar-refractivity contribution in [3.63, 3.8) is 0 Å². The van der Waals surface area contributed by atoms with Gasteiger partial charge in [-0.15, -0.1) is 0 Å². The molecule has 0 saturated carbocycles. The van der Waals surface area contributed by atoms with E-state index in [9.17, 15) is 4.79 Å². The molecule has 1 amide bonds. The second kappa shape index (κ2) is 7.76.